The molecule has 5 nitrogen and oxygen atoms in total. The highest BCUT2D eigenvalue weighted by Gasteiger charge is 2.09. The third-order valence-electron chi connectivity index (χ3n) is 3.67. The lowest BCUT2D eigenvalue weighted by atomic mass is 10.2. The zero-order chi connectivity index (χ0) is 19.1. The van der Waals surface area contributed by atoms with Crippen LogP contribution < -0.4 is 15.4 Å². The van der Waals surface area contributed by atoms with Gasteiger partial charge in [-0.3, -0.25) is 9.59 Å². The summed E-state index contributed by atoms with van der Waals surface area (Å²) in [5.74, 6) is 0.0553. The van der Waals surface area contributed by atoms with Crippen LogP contribution in [0.2, 0.25) is 5.02 Å². The highest BCUT2D eigenvalue weighted by Crippen LogP contribution is 2.21. The second-order valence-electron chi connectivity index (χ2n) is 5.66. The number of anilines is 2. The van der Waals surface area contributed by atoms with Crippen molar-refractivity contribution in [3.8, 4) is 5.75 Å². The van der Waals surface area contributed by atoms with Crippen LogP contribution in [0.3, 0.4) is 0 Å². The standard InChI is InChI=1S/C21H17ClN2O3/c22-18-8-4-5-9-19(18)24-21(26)15-10-12-16(13-11-15)23-20(25)14-27-17-6-2-1-3-7-17/h1-13H,14H2,(H,23,25)(H,24,26). The van der Waals surface area contributed by atoms with Crippen molar-refractivity contribution >= 4 is 34.8 Å². The third-order valence-corrected chi connectivity index (χ3v) is 4.00. The number of carbonyl (C=O) groups is 2. The Morgan fingerprint density at radius 2 is 1.48 bits per heavy atom. The summed E-state index contributed by atoms with van der Waals surface area (Å²) in [7, 11) is 0. The Kier molecular flexibility index (Phi) is 6.07. The van der Waals surface area contributed by atoms with Gasteiger partial charge >= 0.3 is 0 Å². The third kappa shape index (κ3) is 5.33. The smallest absolute Gasteiger partial charge is 0.262 e. The minimum absolute atomic E-state index is 0.0985. The summed E-state index contributed by atoms with van der Waals surface area (Å²) < 4.78 is 5.39. The number of amides is 2. The number of nitrogens with one attached hydrogen (secondary N) is 2. The molecule has 0 atom stereocenters. The molecule has 0 saturated heterocycles. The molecule has 2 amide bonds. The van der Waals surface area contributed by atoms with Crippen LogP contribution in [0.15, 0.2) is 78.9 Å². The van der Waals surface area contributed by atoms with Gasteiger partial charge in [0, 0.05) is 11.3 Å². The first-order valence-electron chi connectivity index (χ1n) is 8.25. The number of hydrogen-bond donors (Lipinski definition) is 2. The molecule has 0 aromatic heterocycles. The molecular weight excluding hydrogens is 364 g/mol. The fourth-order valence-corrected chi connectivity index (χ4v) is 2.51. The van der Waals surface area contributed by atoms with Gasteiger partial charge in [-0.2, -0.15) is 0 Å². The highest BCUT2D eigenvalue weighted by atomic mass is 35.5. The molecule has 0 aliphatic carbocycles. The van der Waals surface area contributed by atoms with E-state index < -0.39 is 0 Å². The maximum absolute atomic E-state index is 12.3. The summed E-state index contributed by atoms with van der Waals surface area (Å²) in [5.41, 5.74) is 1.57. The predicted octanol–water partition coefficient (Wildman–Crippen LogP) is 4.61. The maximum atomic E-state index is 12.3. The molecule has 0 fully saturated rings. The second-order valence-corrected chi connectivity index (χ2v) is 6.07. The first-order chi connectivity index (χ1) is 13.1. The summed E-state index contributed by atoms with van der Waals surface area (Å²) in [6.45, 7) is -0.0985. The summed E-state index contributed by atoms with van der Waals surface area (Å²) >= 11 is 6.04. The van der Waals surface area contributed by atoms with Gasteiger partial charge in [0.2, 0.25) is 0 Å². The minimum atomic E-state index is -0.285. The molecule has 0 radical (unpaired) electrons. The number of carbonyl (C=O) groups excluding carboxylic acids is 2. The molecular formula is C21H17ClN2O3. The average molecular weight is 381 g/mol. The Morgan fingerprint density at radius 3 is 2.19 bits per heavy atom. The van der Waals surface area contributed by atoms with Gasteiger partial charge in [0.15, 0.2) is 6.61 Å². The number of hydrogen-bond acceptors (Lipinski definition) is 3. The predicted molar refractivity (Wildman–Crippen MR) is 106 cm³/mol. The van der Waals surface area contributed by atoms with Crippen molar-refractivity contribution in [1.82, 2.24) is 0 Å². The Bertz CT molecular complexity index is 928. The van der Waals surface area contributed by atoms with Crippen molar-refractivity contribution in [2.24, 2.45) is 0 Å². The van der Waals surface area contributed by atoms with E-state index in [1.54, 1.807) is 60.7 Å². The molecule has 3 aromatic carbocycles. The summed E-state index contributed by atoms with van der Waals surface area (Å²) in [6, 6.07) is 22.7. The average Bonchev–Trinajstić information content (AvgIpc) is 2.69. The van der Waals surface area contributed by atoms with Gasteiger partial charge < -0.3 is 15.4 Å². The lowest BCUT2D eigenvalue weighted by molar-refractivity contribution is -0.118. The van der Waals surface area contributed by atoms with Crippen molar-refractivity contribution in [3.05, 3.63) is 89.4 Å². The molecule has 0 aliphatic heterocycles. The normalized spacial score (nSPS) is 10.1. The number of halogens is 1. The first kappa shape index (κ1) is 18.5. The van der Waals surface area contributed by atoms with Gasteiger partial charge in [-0.05, 0) is 48.5 Å². The van der Waals surface area contributed by atoms with Crippen LogP contribution in [0.25, 0.3) is 0 Å². The molecule has 6 heteroatoms. The van der Waals surface area contributed by atoms with E-state index in [9.17, 15) is 9.59 Å². The first-order valence-corrected chi connectivity index (χ1v) is 8.63. The SMILES string of the molecule is O=C(COc1ccccc1)Nc1ccc(C(=O)Nc2ccccc2Cl)cc1. The van der Waals surface area contributed by atoms with Crippen LogP contribution in [-0.2, 0) is 4.79 Å². The topological polar surface area (TPSA) is 67.4 Å². The van der Waals surface area contributed by atoms with Crippen LogP contribution in [0.5, 0.6) is 5.75 Å². The Morgan fingerprint density at radius 1 is 0.815 bits per heavy atom. The largest absolute Gasteiger partial charge is 0.484 e. The zero-order valence-electron chi connectivity index (χ0n) is 14.3. The molecule has 3 rings (SSSR count). The van der Waals surface area contributed by atoms with E-state index in [-0.39, 0.29) is 18.4 Å². The zero-order valence-corrected chi connectivity index (χ0v) is 15.1. The van der Waals surface area contributed by atoms with Crippen molar-refractivity contribution in [2.75, 3.05) is 17.2 Å². The van der Waals surface area contributed by atoms with E-state index in [2.05, 4.69) is 10.6 Å². The monoisotopic (exact) mass is 380 g/mol. The molecule has 0 saturated carbocycles. The quantitative estimate of drug-likeness (QED) is 0.656. The van der Waals surface area contributed by atoms with Gasteiger partial charge in [0.25, 0.3) is 11.8 Å². The van der Waals surface area contributed by atoms with Crippen molar-refractivity contribution in [2.45, 2.75) is 0 Å². The van der Waals surface area contributed by atoms with E-state index in [4.69, 9.17) is 16.3 Å². The minimum Gasteiger partial charge on any atom is -0.484 e. The van der Waals surface area contributed by atoms with Crippen LogP contribution >= 0.6 is 11.6 Å². The lowest BCUT2D eigenvalue weighted by Gasteiger charge is -2.09. The highest BCUT2D eigenvalue weighted by molar-refractivity contribution is 6.33. The molecule has 0 bridgehead atoms. The maximum Gasteiger partial charge on any atom is 0.262 e. The van der Waals surface area contributed by atoms with E-state index in [1.807, 2.05) is 18.2 Å². The van der Waals surface area contributed by atoms with Gasteiger partial charge in [-0.15, -0.1) is 0 Å². The van der Waals surface area contributed by atoms with Crippen LogP contribution in [0, 0.1) is 0 Å². The summed E-state index contributed by atoms with van der Waals surface area (Å²) in [5, 5.41) is 5.93. The van der Waals surface area contributed by atoms with Gasteiger partial charge in [-0.1, -0.05) is 41.9 Å². The van der Waals surface area contributed by atoms with Gasteiger partial charge in [0.1, 0.15) is 5.75 Å². The molecule has 136 valence electrons. The van der Waals surface area contributed by atoms with E-state index in [0.29, 0.717) is 27.7 Å². The molecule has 27 heavy (non-hydrogen) atoms. The molecule has 3 aromatic rings. The summed E-state index contributed by atoms with van der Waals surface area (Å²) in [6.07, 6.45) is 0. The molecule has 2 N–H and O–H groups in total. The van der Waals surface area contributed by atoms with Gasteiger partial charge in [-0.25, -0.2) is 0 Å². The van der Waals surface area contributed by atoms with E-state index >= 15 is 0 Å². The number of para-hydroxylation sites is 2. The molecule has 0 aliphatic rings. The van der Waals surface area contributed by atoms with Crippen LogP contribution in [-0.4, -0.2) is 18.4 Å². The number of ether oxygens (including phenoxy) is 1. The van der Waals surface area contributed by atoms with E-state index in [1.165, 1.54) is 0 Å². The van der Waals surface area contributed by atoms with Crippen molar-refractivity contribution in [3.63, 3.8) is 0 Å². The number of rotatable bonds is 6. The number of benzene rings is 3. The van der Waals surface area contributed by atoms with Gasteiger partial charge in [0.05, 0.1) is 10.7 Å². The van der Waals surface area contributed by atoms with Crippen molar-refractivity contribution in [1.29, 1.82) is 0 Å². The fourth-order valence-electron chi connectivity index (χ4n) is 2.32. The Balaban J connectivity index is 1.54. The van der Waals surface area contributed by atoms with Crippen molar-refractivity contribution < 1.29 is 14.3 Å². The summed E-state index contributed by atoms with van der Waals surface area (Å²) in [4.78, 5) is 24.2. The molecule has 0 spiro atoms. The molecule has 0 unspecified atom stereocenters. The Hall–Kier alpha value is -3.31. The lowest BCUT2D eigenvalue weighted by Crippen LogP contribution is -2.20. The van der Waals surface area contributed by atoms with Crippen LogP contribution in [0.4, 0.5) is 11.4 Å². The van der Waals surface area contributed by atoms with Crippen LogP contribution in [0.1, 0.15) is 10.4 Å². The van der Waals surface area contributed by atoms with E-state index in [0.717, 1.165) is 0 Å². The Labute approximate surface area is 161 Å². The molecule has 0 heterocycles. The fraction of sp³-hybridized carbons (Fsp3) is 0.0476. The second kappa shape index (κ2) is 8.87.